The molecule has 2 aromatic carbocycles. The second kappa shape index (κ2) is 8.87. The molecule has 168 valence electrons. The van der Waals surface area contributed by atoms with Crippen LogP contribution in [0.25, 0.3) is 6.08 Å². The Bertz CT molecular complexity index is 1210. The molecule has 1 unspecified atom stereocenters. The van der Waals surface area contributed by atoms with Gasteiger partial charge in [-0.05, 0) is 79.0 Å². The molecule has 1 aliphatic carbocycles. The molecule has 1 fully saturated rings. The van der Waals surface area contributed by atoms with E-state index in [0.29, 0.717) is 18.9 Å². The fraction of sp³-hybridized carbons (Fsp3) is 0.259. The molecule has 2 aromatic rings. The Kier molecular flexibility index (Phi) is 5.77. The number of carbonyl (C=O) groups is 1. The van der Waals surface area contributed by atoms with E-state index in [4.69, 9.17) is 21.7 Å². The van der Waals surface area contributed by atoms with Crippen LogP contribution in [0.2, 0.25) is 0 Å². The van der Waals surface area contributed by atoms with Gasteiger partial charge in [0, 0.05) is 30.4 Å². The SMILES string of the molecule is CCN1C2=CC=CCC2c2cc(/C=C3/OC(=S)N(CCc4ccccc4OC)C3=O)ccc21. The number of hydrogen-bond donors (Lipinski definition) is 0. The zero-order valence-electron chi connectivity index (χ0n) is 18.8. The van der Waals surface area contributed by atoms with Gasteiger partial charge in [-0.15, -0.1) is 0 Å². The molecule has 5 rings (SSSR count). The van der Waals surface area contributed by atoms with Crippen molar-refractivity contribution >= 4 is 35.1 Å². The van der Waals surface area contributed by atoms with Gasteiger partial charge in [0.25, 0.3) is 11.1 Å². The van der Waals surface area contributed by atoms with E-state index in [1.54, 1.807) is 13.2 Å². The molecule has 0 spiro atoms. The van der Waals surface area contributed by atoms with Gasteiger partial charge in [0.1, 0.15) is 5.75 Å². The van der Waals surface area contributed by atoms with Crippen molar-refractivity contribution in [1.29, 1.82) is 0 Å². The number of benzene rings is 2. The number of para-hydroxylation sites is 1. The van der Waals surface area contributed by atoms with Gasteiger partial charge in [0.05, 0.1) is 7.11 Å². The Morgan fingerprint density at radius 3 is 2.88 bits per heavy atom. The zero-order valence-corrected chi connectivity index (χ0v) is 19.6. The van der Waals surface area contributed by atoms with Gasteiger partial charge in [-0.1, -0.05) is 36.4 Å². The van der Waals surface area contributed by atoms with E-state index in [1.165, 1.54) is 21.8 Å². The van der Waals surface area contributed by atoms with Crippen molar-refractivity contribution in [1.82, 2.24) is 4.90 Å². The average Bonchev–Trinajstić information content (AvgIpc) is 3.30. The van der Waals surface area contributed by atoms with Crippen molar-refractivity contribution in [3.05, 3.63) is 88.8 Å². The summed E-state index contributed by atoms with van der Waals surface area (Å²) < 4.78 is 11.1. The van der Waals surface area contributed by atoms with Crippen LogP contribution in [0.5, 0.6) is 5.75 Å². The monoisotopic (exact) mass is 458 g/mol. The summed E-state index contributed by atoms with van der Waals surface area (Å²) >= 11 is 5.36. The molecule has 0 N–H and O–H groups in total. The molecule has 0 bridgehead atoms. The van der Waals surface area contributed by atoms with Crippen LogP contribution in [0.1, 0.15) is 36.0 Å². The van der Waals surface area contributed by atoms with E-state index >= 15 is 0 Å². The predicted molar refractivity (Wildman–Crippen MR) is 134 cm³/mol. The Hall–Kier alpha value is -3.38. The van der Waals surface area contributed by atoms with Crippen molar-refractivity contribution in [2.45, 2.75) is 25.7 Å². The summed E-state index contributed by atoms with van der Waals surface area (Å²) in [7, 11) is 1.65. The first-order valence-electron chi connectivity index (χ1n) is 11.3. The lowest BCUT2D eigenvalue weighted by Gasteiger charge is -2.22. The van der Waals surface area contributed by atoms with Crippen molar-refractivity contribution in [3.8, 4) is 5.75 Å². The number of allylic oxidation sites excluding steroid dienone is 4. The van der Waals surface area contributed by atoms with Gasteiger partial charge >= 0.3 is 0 Å². The number of fused-ring (bicyclic) bond motifs is 3. The zero-order chi connectivity index (χ0) is 22.9. The summed E-state index contributed by atoms with van der Waals surface area (Å²) in [5.74, 6) is 1.23. The Balaban J connectivity index is 1.36. The van der Waals surface area contributed by atoms with E-state index in [1.807, 2.05) is 30.3 Å². The number of methoxy groups -OCH3 is 1. The maximum atomic E-state index is 13.0. The second-order valence-corrected chi connectivity index (χ2v) is 8.61. The molecule has 33 heavy (non-hydrogen) atoms. The van der Waals surface area contributed by atoms with Crippen LogP contribution in [0.3, 0.4) is 0 Å². The molecule has 5 nitrogen and oxygen atoms in total. The number of nitrogens with zero attached hydrogens (tertiary/aromatic N) is 2. The lowest BCUT2D eigenvalue weighted by molar-refractivity contribution is -0.122. The van der Waals surface area contributed by atoms with Crippen LogP contribution < -0.4 is 9.64 Å². The topological polar surface area (TPSA) is 42.0 Å². The first kappa shape index (κ1) is 21.5. The quantitative estimate of drug-likeness (QED) is 0.440. The van der Waals surface area contributed by atoms with Gasteiger partial charge in [0.2, 0.25) is 0 Å². The van der Waals surface area contributed by atoms with Crippen LogP contribution >= 0.6 is 12.2 Å². The fourth-order valence-electron chi connectivity index (χ4n) is 4.85. The van der Waals surface area contributed by atoms with Crippen LogP contribution in [0.4, 0.5) is 5.69 Å². The van der Waals surface area contributed by atoms with Gasteiger partial charge in [-0.2, -0.15) is 0 Å². The van der Waals surface area contributed by atoms with Crippen LogP contribution in [-0.2, 0) is 16.0 Å². The number of likely N-dealkylation sites (N-methyl/N-ethyl adjacent to an activating group) is 1. The van der Waals surface area contributed by atoms with Crippen LogP contribution in [0, 0.1) is 0 Å². The van der Waals surface area contributed by atoms with E-state index in [-0.39, 0.29) is 16.8 Å². The standard InChI is InChI=1S/C27H26N2O3S/c1-3-28-22-10-6-5-9-20(22)21-16-18(12-13-23(21)28)17-25-26(30)29(27(33)32-25)15-14-19-8-4-7-11-24(19)31-2/h4-8,10-13,16-17,20H,3,9,14-15H2,1-2H3/b25-17+. The first-order chi connectivity index (χ1) is 16.1. The maximum absolute atomic E-state index is 13.0. The highest BCUT2D eigenvalue weighted by Crippen LogP contribution is 2.47. The van der Waals surface area contributed by atoms with Crippen LogP contribution in [0.15, 0.2) is 72.1 Å². The molecular formula is C27H26N2O3S. The minimum absolute atomic E-state index is 0.196. The van der Waals surface area contributed by atoms with Crippen molar-refractivity contribution in [3.63, 3.8) is 0 Å². The summed E-state index contributed by atoms with van der Waals surface area (Å²) in [6.45, 7) is 3.54. The molecule has 0 radical (unpaired) electrons. The van der Waals surface area contributed by atoms with E-state index < -0.39 is 0 Å². The highest BCUT2D eigenvalue weighted by molar-refractivity contribution is 7.80. The summed E-state index contributed by atoms with van der Waals surface area (Å²) in [4.78, 5) is 16.9. The Morgan fingerprint density at radius 1 is 1.21 bits per heavy atom. The number of anilines is 1. The number of carbonyl (C=O) groups excluding carboxylic acids is 1. The minimum atomic E-state index is -0.202. The number of amides is 1. The number of thiocarbonyl (C=S) groups is 1. The highest BCUT2D eigenvalue weighted by Gasteiger charge is 2.35. The van der Waals surface area contributed by atoms with E-state index in [2.05, 4.69) is 42.2 Å². The molecular weight excluding hydrogens is 432 g/mol. The molecule has 0 saturated carbocycles. The van der Waals surface area contributed by atoms with Crippen molar-refractivity contribution in [2.24, 2.45) is 0 Å². The van der Waals surface area contributed by atoms with E-state index in [9.17, 15) is 4.79 Å². The highest BCUT2D eigenvalue weighted by atomic mass is 32.1. The van der Waals surface area contributed by atoms with Gasteiger partial charge in [0.15, 0.2) is 5.76 Å². The van der Waals surface area contributed by atoms with Crippen LogP contribution in [-0.4, -0.2) is 36.2 Å². The minimum Gasteiger partial charge on any atom is -0.496 e. The molecule has 2 aliphatic heterocycles. The number of ether oxygens (including phenoxy) is 2. The molecule has 1 saturated heterocycles. The number of hydrogen-bond acceptors (Lipinski definition) is 5. The summed E-state index contributed by atoms with van der Waals surface area (Å²) in [6, 6.07) is 14.1. The fourth-order valence-corrected chi connectivity index (χ4v) is 5.11. The third kappa shape index (κ3) is 3.85. The predicted octanol–water partition coefficient (Wildman–Crippen LogP) is 5.19. The largest absolute Gasteiger partial charge is 0.496 e. The van der Waals surface area contributed by atoms with Crippen molar-refractivity contribution in [2.75, 3.05) is 25.1 Å². The second-order valence-electron chi connectivity index (χ2n) is 8.27. The number of rotatable bonds is 6. The van der Waals surface area contributed by atoms with Gasteiger partial charge in [-0.25, -0.2) is 0 Å². The summed E-state index contributed by atoms with van der Waals surface area (Å²) in [6.07, 6.45) is 9.97. The molecule has 2 heterocycles. The summed E-state index contributed by atoms with van der Waals surface area (Å²) in [5, 5.41) is 0.196. The lowest BCUT2D eigenvalue weighted by atomic mass is 9.91. The average molecular weight is 459 g/mol. The third-order valence-corrected chi connectivity index (χ3v) is 6.75. The smallest absolute Gasteiger partial charge is 0.297 e. The lowest BCUT2D eigenvalue weighted by Crippen LogP contribution is -2.30. The van der Waals surface area contributed by atoms with Gasteiger partial charge in [-0.3, -0.25) is 9.69 Å². The molecule has 3 aliphatic rings. The molecule has 6 heteroatoms. The first-order valence-corrected chi connectivity index (χ1v) is 11.7. The van der Waals surface area contributed by atoms with Gasteiger partial charge < -0.3 is 14.4 Å². The third-order valence-electron chi connectivity index (χ3n) is 6.45. The molecule has 1 amide bonds. The Labute approximate surface area is 199 Å². The summed E-state index contributed by atoms with van der Waals surface area (Å²) in [5.41, 5.74) is 5.85. The molecule has 0 aromatic heterocycles. The van der Waals surface area contributed by atoms with E-state index in [0.717, 1.165) is 29.8 Å². The van der Waals surface area contributed by atoms with Crippen molar-refractivity contribution < 1.29 is 14.3 Å². The maximum Gasteiger partial charge on any atom is 0.297 e. The Morgan fingerprint density at radius 2 is 2.06 bits per heavy atom. The molecule has 1 atom stereocenters. The normalized spacial score (nSPS) is 20.1.